The van der Waals surface area contributed by atoms with Crippen molar-refractivity contribution in [3.63, 3.8) is 0 Å². The number of hydrogen-bond donors (Lipinski definition) is 3. The smallest absolute Gasteiger partial charge is 0.241 e. The van der Waals surface area contributed by atoms with Gasteiger partial charge < -0.3 is 16.0 Å². The third-order valence-corrected chi connectivity index (χ3v) is 4.23. The van der Waals surface area contributed by atoms with Crippen LogP contribution in [0.15, 0.2) is 65.7 Å². The van der Waals surface area contributed by atoms with Crippen molar-refractivity contribution in [3.8, 4) is 0 Å². The zero-order valence-electron chi connectivity index (χ0n) is 16.2. The molecule has 27 heavy (non-hydrogen) atoms. The van der Waals surface area contributed by atoms with Gasteiger partial charge in [0.1, 0.15) is 6.54 Å². The van der Waals surface area contributed by atoms with Crippen molar-refractivity contribution in [2.24, 2.45) is 4.99 Å². The van der Waals surface area contributed by atoms with Crippen LogP contribution in [0.1, 0.15) is 37.3 Å². The molecule has 0 spiro atoms. The Morgan fingerprint density at radius 2 is 1.41 bits per heavy atom. The Morgan fingerprint density at radius 3 is 1.93 bits per heavy atom. The molecular formula is C22H30N4O. The second-order valence-electron chi connectivity index (χ2n) is 6.24. The lowest BCUT2D eigenvalue weighted by Gasteiger charge is -2.19. The number of guanidine groups is 1. The van der Waals surface area contributed by atoms with Crippen molar-refractivity contribution < 1.29 is 4.79 Å². The van der Waals surface area contributed by atoms with E-state index < -0.39 is 0 Å². The van der Waals surface area contributed by atoms with Crippen molar-refractivity contribution in [3.05, 3.63) is 71.8 Å². The fourth-order valence-electron chi connectivity index (χ4n) is 2.98. The molecule has 5 heteroatoms. The molecular weight excluding hydrogens is 336 g/mol. The first kappa shape index (κ1) is 20.5. The topological polar surface area (TPSA) is 65.5 Å². The van der Waals surface area contributed by atoms with Gasteiger partial charge in [0, 0.05) is 25.6 Å². The summed E-state index contributed by atoms with van der Waals surface area (Å²) in [6, 6.07) is 21.1. The minimum absolute atomic E-state index is 0.0684. The van der Waals surface area contributed by atoms with Crippen LogP contribution in [0.25, 0.3) is 0 Å². The summed E-state index contributed by atoms with van der Waals surface area (Å²) in [5.41, 5.74) is 2.60. The summed E-state index contributed by atoms with van der Waals surface area (Å²) in [4.78, 5) is 16.0. The highest BCUT2D eigenvalue weighted by atomic mass is 16.1. The van der Waals surface area contributed by atoms with Crippen LogP contribution < -0.4 is 16.0 Å². The van der Waals surface area contributed by atoms with E-state index in [4.69, 9.17) is 0 Å². The highest BCUT2D eigenvalue weighted by molar-refractivity contribution is 5.84. The molecule has 0 radical (unpaired) electrons. The first-order valence-electron chi connectivity index (χ1n) is 9.63. The van der Waals surface area contributed by atoms with Crippen LogP contribution in [0, 0.1) is 0 Å². The number of carbonyl (C=O) groups excluding carboxylic acids is 1. The number of likely N-dealkylation sites (N-methyl/N-ethyl adjacent to an activating group) is 1. The first-order valence-corrected chi connectivity index (χ1v) is 9.63. The number of hydrogen-bond acceptors (Lipinski definition) is 2. The van der Waals surface area contributed by atoms with E-state index in [2.05, 4.69) is 69.5 Å². The van der Waals surface area contributed by atoms with Crippen LogP contribution in [-0.2, 0) is 4.79 Å². The molecule has 0 bridgehead atoms. The summed E-state index contributed by atoms with van der Waals surface area (Å²) in [6.45, 7) is 6.17. The van der Waals surface area contributed by atoms with E-state index >= 15 is 0 Å². The van der Waals surface area contributed by atoms with Crippen LogP contribution in [0.3, 0.4) is 0 Å². The van der Waals surface area contributed by atoms with E-state index in [9.17, 15) is 4.79 Å². The first-order chi connectivity index (χ1) is 13.2. The van der Waals surface area contributed by atoms with Crippen LogP contribution in [-0.4, -0.2) is 38.0 Å². The van der Waals surface area contributed by atoms with Gasteiger partial charge in [-0.1, -0.05) is 60.7 Å². The second kappa shape index (κ2) is 11.7. The van der Waals surface area contributed by atoms with Gasteiger partial charge in [0.05, 0.1) is 0 Å². The molecule has 0 fully saturated rings. The van der Waals surface area contributed by atoms with Crippen LogP contribution >= 0.6 is 0 Å². The summed E-state index contributed by atoms with van der Waals surface area (Å²) >= 11 is 0. The largest absolute Gasteiger partial charge is 0.357 e. The van der Waals surface area contributed by atoms with E-state index in [-0.39, 0.29) is 12.5 Å². The molecule has 144 valence electrons. The lowest BCUT2D eigenvalue weighted by atomic mass is 9.88. The summed E-state index contributed by atoms with van der Waals surface area (Å²) in [5, 5.41) is 9.30. The summed E-state index contributed by atoms with van der Waals surface area (Å²) < 4.78 is 0. The van der Waals surface area contributed by atoms with E-state index in [0.717, 1.165) is 19.5 Å². The fourth-order valence-corrected chi connectivity index (χ4v) is 2.98. The quantitative estimate of drug-likeness (QED) is 0.472. The summed E-state index contributed by atoms with van der Waals surface area (Å²) in [6.07, 6.45) is 0.930. The normalized spacial score (nSPS) is 11.3. The third kappa shape index (κ3) is 7.13. The van der Waals surface area contributed by atoms with E-state index in [1.165, 1.54) is 11.1 Å². The highest BCUT2D eigenvalue weighted by Crippen LogP contribution is 2.27. The molecule has 0 aliphatic carbocycles. The molecule has 1 amide bonds. The van der Waals surface area contributed by atoms with E-state index in [1.54, 1.807) is 0 Å². The van der Waals surface area contributed by atoms with Crippen LogP contribution in [0.2, 0.25) is 0 Å². The minimum Gasteiger partial charge on any atom is -0.357 e. The maximum atomic E-state index is 11.6. The number of nitrogens with one attached hydrogen (secondary N) is 3. The van der Waals surface area contributed by atoms with E-state index in [0.29, 0.717) is 18.4 Å². The van der Waals surface area contributed by atoms with Crippen LogP contribution in [0.5, 0.6) is 0 Å². The number of rotatable bonds is 9. The Kier molecular flexibility index (Phi) is 8.90. The maximum Gasteiger partial charge on any atom is 0.241 e. The van der Waals surface area contributed by atoms with Gasteiger partial charge in [-0.15, -0.1) is 0 Å². The predicted molar refractivity (Wildman–Crippen MR) is 112 cm³/mol. The third-order valence-electron chi connectivity index (χ3n) is 4.23. The van der Waals surface area contributed by atoms with Gasteiger partial charge in [-0.3, -0.25) is 4.79 Å². The average Bonchev–Trinajstić information content (AvgIpc) is 2.71. The number of amides is 1. The van der Waals surface area contributed by atoms with Gasteiger partial charge in [0.25, 0.3) is 0 Å². The van der Waals surface area contributed by atoms with Crippen molar-refractivity contribution in [2.75, 3.05) is 26.2 Å². The number of benzene rings is 2. The molecule has 5 nitrogen and oxygen atoms in total. The molecule has 0 aliphatic rings. The number of carbonyl (C=O) groups is 1. The Morgan fingerprint density at radius 1 is 0.852 bits per heavy atom. The molecule has 3 N–H and O–H groups in total. The molecule has 0 unspecified atom stereocenters. The van der Waals surface area contributed by atoms with Gasteiger partial charge in [-0.05, 0) is 31.4 Å². The second-order valence-corrected chi connectivity index (χ2v) is 6.24. The molecule has 0 aliphatic heterocycles. The predicted octanol–water partition coefficient (Wildman–Crippen LogP) is 2.90. The van der Waals surface area contributed by atoms with Crippen molar-refractivity contribution in [2.45, 2.75) is 26.2 Å². The molecule has 0 saturated carbocycles. The van der Waals surface area contributed by atoms with E-state index in [1.807, 2.05) is 26.0 Å². The number of nitrogens with zero attached hydrogens (tertiary/aromatic N) is 1. The van der Waals surface area contributed by atoms with Gasteiger partial charge in [-0.2, -0.15) is 0 Å². The zero-order valence-corrected chi connectivity index (χ0v) is 16.2. The van der Waals surface area contributed by atoms with Crippen molar-refractivity contribution in [1.82, 2.24) is 16.0 Å². The lowest BCUT2D eigenvalue weighted by Crippen LogP contribution is -2.39. The highest BCUT2D eigenvalue weighted by Gasteiger charge is 2.13. The SMILES string of the molecule is CCNC(=O)CN=C(NCC)NCCC(c1ccccc1)c1ccccc1. The molecule has 2 aromatic carbocycles. The summed E-state index contributed by atoms with van der Waals surface area (Å²) in [7, 11) is 0. The van der Waals surface area contributed by atoms with Gasteiger partial charge in [-0.25, -0.2) is 4.99 Å². The molecule has 0 aromatic heterocycles. The Labute approximate surface area is 162 Å². The molecule has 2 rings (SSSR count). The van der Waals surface area contributed by atoms with Gasteiger partial charge in [0.15, 0.2) is 5.96 Å². The zero-order chi connectivity index (χ0) is 19.3. The Bertz CT molecular complexity index is 661. The Hall–Kier alpha value is -2.82. The molecule has 0 saturated heterocycles. The lowest BCUT2D eigenvalue weighted by molar-refractivity contribution is -0.119. The molecule has 2 aromatic rings. The monoisotopic (exact) mass is 366 g/mol. The van der Waals surface area contributed by atoms with Crippen LogP contribution in [0.4, 0.5) is 0 Å². The van der Waals surface area contributed by atoms with Crippen molar-refractivity contribution in [1.29, 1.82) is 0 Å². The Balaban J connectivity index is 2.01. The fraction of sp³-hybridized carbons (Fsp3) is 0.364. The molecule has 0 atom stereocenters. The number of aliphatic imine (C=N–C) groups is 1. The van der Waals surface area contributed by atoms with Gasteiger partial charge >= 0.3 is 0 Å². The van der Waals surface area contributed by atoms with Crippen molar-refractivity contribution >= 4 is 11.9 Å². The molecule has 0 heterocycles. The van der Waals surface area contributed by atoms with Gasteiger partial charge in [0.2, 0.25) is 5.91 Å². The minimum atomic E-state index is -0.0684. The maximum absolute atomic E-state index is 11.6. The standard InChI is InChI=1S/C22H30N4O/c1-3-23-21(27)17-26-22(24-4-2)25-16-15-20(18-11-7-5-8-12-18)19-13-9-6-10-14-19/h5-14,20H,3-4,15-17H2,1-2H3,(H,23,27)(H2,24,25,26). The summed E-state index contributed by atoms with van der Waals surface area (Å²) in [5.74, 6) is 0.913. The average molecular weight is 367 g/mol.